The third-order valence-corrected chi connectivity index (χ3v) is 3.00. The first-order valence-electron chi connectivity index (χ1n) is 4.91. The van der Waals surface area contributed by atoms with Crippen molar-refractivity contribution >= 4 is 11.3 Å². The Bertz CT molecular complexity index is 408. The highest BCUT2D eigenvalue weighted by molar-refractivity contribution is 7.07. The van der Waals surface area contributed by atoms with E-state index in [1.165, 1.54) is 5.56 Å². The molecule has 0 aliphatic carbocycles. The van der Waals surface area contributed by atoms with Gasteiger partial charge in [0.2, 0.25) is 0 Å². The molecule has 0 bridgehead atoms. The molecular formula is C11H14N2OS. The van der Waals surface area contributed by atoms with Gasteiger partial charge in [-0.25, -0.2) is 0 Å². The fraction of sp³-hybridized carbons (Fsp3) is 0.364. The Morgan fingerprint density at radius 1 is 1.47 bits per heavy atom. The molecule has 4 heteroatoms. The van der Waals surface area contributed by atoms with Crippen molar-refractivity contribution in [3.63, 3.8) is 0 Å². The Morgan fingerprint density at radius 2 is 2.33 bits per heavy atom. The smallest absolute Gasteiger partial charge is 0.0650 e. The first-order valence-corrected chi connectivity index (χ1v) is 5.86. The SMILES string of the molecule is Cn1ccc(CC(O)Cc2ccsc2)n1. The van der Waals surface area contributed by atoms with Crippen molar-refractivity contribution in [2.24, 2.45) is 7.05 Å². The zero-order valence-electron chi connectivity index (χ0n) is 8.63. The molecule has 2 rings (SSSR count). The highest BCUT2D eigenvalue weighted by Crippen LogP contribution is 2.11. The zero-order chi connectivity index (χ0) is 10.7. The number of aliphatic hydroxyl groups is 1. The van der Waals surface area contributed by atoms with Crippen LogP contribution in [0.15, 0.2) is 29.1 Å². The lowest BCUT2D eigenvalue weighted by atomic mass is 10.1. The molecule has 0 amide bonds. The topological polar surface area (TPSA) is 38.0 Å². The van der Waals surface area contributed by atoms with E-state index in [1.54, 1.807) is 16.0 Å². The Hall–Kier alpha value is -1.13. The average molecular weight is 222 g/mol. The summed E-state index contributed by atoms with van der Waals surface area (Å²) in [7, 11) is 1.88. The van der Waals surface area contributed by atoms with Crippen molar-refractivity contribution in [1.29, 1.82) is 0 Å². The minimum atomic E-state index is -0.338. The minimum Gasteiger partial charge on any atom is -0.392 e. The first-order chi connectivity index (χ1) is 7.24. The monoisotopic (exact) mass is 222 g/mol. The fourth-order valence-corrected chi connectivity index (χ4v) is 2.25. The van der Waals surface area contributed by atoms with Gasteiger partial charge >= 0.3 is 0 Å². The molecule has 1 unspecified atom stereocenters. The summed E-state index contributed by atoms with van der Waals surface area (Å²) in [5.74, 6) is 0. The molecule has 1 atom stereocenters. The van der Waals surface area contributed by atoms with Crippen LogP contribution in [-0.2, 0) is 19.9 Å². The van der Waals surface area contributed by atoms with E-state index in [1.807, 2.05) is 30.8 Å². The lowest BCUT2D eigenvalue weighted by Crippen LogP contribution is -2.14. The second-order valence-corrected chi connectivity index (χ2v) is 4.45. The van der Waals surface area contributed by atoms with E-state index in [2.05, 4.69) is 10.5 Å². The van der Waals surface area contributed by atoms with Gasteiger partial charge < -0.3 is 5.11 Å². The van der Waals surface area contributed by atoms with E-state index in [4.69, 9.17) is 0 Å². The number of aliphatic hydroxyl groups excluding tert-OH is 1. The minimum absolute atomic E-state index is 0.338. The summed E-state index contributed by atoms with van der Waals surface area (Å²) in [4.78, 5) is 0. The van der Waals surface area contributed by atoms with Crippen molar-refractivity contribution in [3.05, 3.63) is 40.3 Å². The van der Waals surface area contributed by atoms with Gasteiger partial charge in [0.05, 0.1) is 11.8 Å². The third-order valence-electron chi connectivity index (χ3n) is 2.27. The van der Waals surface area contributed by atoms with Crippen molar-refractivity contribution < 1.29 is 5.11 Å². The van der Waals surface area contributed by atoms with E-state index in [0.29, 0.717) is 12.8 Å². The Morgan fingerprint density at radius 3 is 2.93 bits per heavy atom. The van der Waals surface area contributed by atoms with Crippen LogP contribution in [0.25, 0.3) is 0 Å². The average Bonchev–Trinajstić information content (AvgIpc) is 2.77. The molecule has 0 fully saturated rings. The largest absolute Gasteiger partial charge is 0.392 e. The molecule has 15 heavy (non-hydrogen) atoms. The van der Waals surface area contributed by atoms with E-state index in [9.17, 15) is 5.11 Å². The third kappa shape index (κ3) is 2.91. The summed E-state index contributed by atoms with van der Waals surface area (Å²) >= 11 is 1.66. The van der Waals surface area contributed by atoms with Crippen LogP contribution in [0.2, 0.25) is 0 Å². The van der Waals surface area contributed by atoms with Crippen LogP contribution >= 0.6 is 11.3 Å². The van der Waals surface area contributed by atoms with Crippen molar-refractivity contribution in [2.75, 3.05) is 0 Å². The summed E-state index contributed by atoms with van der Waals surface area (Å²) in [6, 6.07) is 3.99. The molecule has 0 saturated heterocycles. The number of aryl methyl sites for hydroxylation is 1. The first kappa shape index (κ1) is 10.4. The van der Waals surface area contributed by atoms with E-state index in [0.717, 1.165) is 5.69 Å². The quantitative estimate of drug-likeness (QED) is 0.853. The number of rotatable bonds is 4. The molecule has 80 valence electrons. The van der Waals surface area contributed by atoms with Gasteiger partial charge in [-0.1, -0.05) is 0 Å². The van der Waals surface area contributed by atoms with Gasteiger partial charge in [-0.15, -0.1) is 0 Å². The number of aromatic nitrogens is 2. The second kappa shape index (κ2) is 4.59. The van der Waals surface area contributed by atoms with E-state index < -0.39 is 0 Å². The molecule has 0 aliphatic heterocycles. The van der Waals surface area contributed by atoms with Gasteiger partial charge in [0.25, 0.3) is 0 Å². The number of thiophene rings is 1. The van der Waals surface area contributed by atoms with Crippen molar-refractivity contribution in [2.45, 2.75) is 18.9 Å². The highest BCUT2D eigenvalue weighted by atomic mass is 32.1. The summed E-state index contributed by atoms with van der Waals surface area (Å²) in [6.07, 6.45) is 2.89. The van der Waals surface area contributed by atoms with Crippen LogP contribution in [0.1, 0.15) is 11.3 Å². The molecule has 2 heterocycles. The van der Waals surface area contributed by atoms with Gasteiger partial charge in [0.15, 0.2) is 0 Å². The van der Waals surface area contributed by atoms with E-state index >= 15 is 0 Å². The van der Waals surface area contributed by atoms with Crippen LogP contribution in [0, 0.1) is 0 Å². The molecule has 2 aromatic rings. The Balaban J connectivity index is 1.90. The summed E-state index contributed by atoms with van der Waals surface area (Å²) in [6.45, 7) is 0. The van der Waals surface area contributed by atoms with Gasteiger partial charge in [-0.05, 0) is 34.9 Å². The molecule has 0 radical (unpaired) electrons. The molecule has 2 aromatic heterocycles. The lowest BCUT2D eigenvalue weighted by Gasteiger charge is -2.06. The van der Waals surface area contributed by atoms with Gasteiger partial charge in [-0.2, -0.15) is 16.4 Å². The van der Waals surface area contributed by atoms with Crippen LogP contribution in [0.3, 0.4) is 0 Å². The molecule has 0 aromatic carbocycles. The van der Waals surface area contributed by atoms with Crippen LogP contribution in [0.4, 0.5) is 0 Å². The zero-order valence-corrected chi connectivity index (χ0v) is 9.44. The van der Waals surface area contributed by atoms with E-state index in [-0.39, 0.29) is 6.10 Å². The molecule has 0 aliphatic rings. The van der Waals surface area contributed by atoms with Crippen LogP contribution < -0.4 is 0 Å². The van der Waals surface area contributed by atoms with Gasteiger partial charge in [0.1, 0.15) is 0 Å². The number of hydrogen-bond donors (Lipinski definition) is 1. The van der Waals surface area contributed by atoms with Crippen molar-refractivity contribution in [3.8, 4) is 0 Å². The highest BCUT2D eigenvalue weighted by Gasteiger charge is 2.08. The summed E-state index contributed by atoms with van der Waals surface area (Å²) in [5, 5.41) is 18.2. The van der Waals surface area contributed by atoms with Gasteiger partial charge in [0, 0.05) is 19.7 Å². The normalized spacial score (nSPS) is 12.9. The fourth-order valence-electron chi connectivity index (χ4n) is 1.57. The maximum Gasteiger partial charge on any atom is 0.0650 e. The Kier molecular flexibility index (Phi) is 3.18. The maximum atomic E-state index is 9.84. The predicted molar refractivity (Wildman–Crippen MR) is 60.9 cm³/mol. The van der Waals surface area contributed by atoms with Crippen LogP contribution in [0.5, 0.6) is 0 Å². The van der Waals surface area contributed by atoms with Crippen molar-refractivity contribution in [1.82, 2.24) is 9.78 Å². The predicted octanol–water partition coefficient (Wildman–Crippen LogP) is 1.63. The number of nitrogens with zero attached hydrogens (tertiary/aromatic N) is 2. The molecule has 1 N–H and O–H groups in total. The second-order valence-electron chi connectivity index (χ2n) is 3.67. The van der Waals surface area contributed by atoms with Gasteiger partial charge in [-0.3, -0.25) is 4.68 Å². The molecule has 0 saturated carbocycles. The standard InChI is InChI=1S/C11H14N2OS/c1-13-4-2-10(12-13)7-11(14)6-9-3-5-15-8-9/h2-5,8,11,14H,6-7H2,1H3. The lowest BCUT2D eigenvalue weighted by molar-refractivity contribution is 0.174. The Labute approximate surface area is 93.0 Å². The van der Waals surface area contributed by atoms with Crippen LogP contribution in [-0.4, -0.2) is 21.0 Å². The summed E-state index contributed by atoms with van der Waals surface area (Å²) < 4.78 is 1.76. The molecule has 0 spiro atoms. The summed E-state index contributed by atoms with van der Waals surface area (Å²) in [5.41, 5.74) is 2.14. The maximum absolute atomic E-state index is 9.84. The molecular weight excluding hydrogens is 208 g/mol. The molecule has 3 nitrogen and oxygen atoms in total. The number of hydrogen-bond acceptors (Lipinski definition) is 3.